The third-order valence-electron chi connectivity index (χ3n) is 4.71. The zero-order valence-corrected chi connectivity index (χ0v) is 17.0. The number of nitrogens with one attached hydrogen (secondary N) is 2. The summed E-state index contributed by atoms with van der Waals surface area (Å²) < 4.78 is 0. The number of hydrogen-bond donors (Lipinski definition) is 4. The number of carboxylic acids is 1. The molecule has 162 valence electrons. The lowest BCUT2D eigenvalue weighted by Gasteiger charge is -2.27. The summed E-state index contributed by atoms with van der Waals surface area (Å²) in [6, 6.07) is 1.38. The number of nitrogen functional groups attached to an aromatic ring is 1. The summed E-state index contributed by atoms with van der Waals surface area (Å²) in [5.74, 6) is -2.84. The fourth-order valence-corrected chi connectivity index (χ4v) is 3.34. The number of nitrogens with zero attached hydrogens (tertiary/aromatic N) is 1. The van der Waals surface area contributed by atoms with E-state index < -0.39 is 48.2 Å². The molecule has 3 amide bonds. The van der Waals surface area contributed by atoms with E-state index in [0.29, 0.717) is 31.4 Å². The van der Waals surface area contributed by atoms with Gasteiger partial charge in [0.2, 0.25) is 11.8 Å². The molecule has 0 aliphatic carbocycles. The van der Waals surface area contributed by atoms with E-state index in [0.717, 1.165) is 0 Å². The maximum Gasteiger partial charge on any atom is 0.305 e. The van der Waals surface area contributed by atoms with E-state index in [-0.39, 0.29) is 10.6 Å². The Morgan fingerprint density at radius 3 is 2.63 bits per heavy atom. The van der Waals surface area contributed by atoms with Crippen molar-refractivity contribution in [1.82, 2.24) is 15.5 Å². The minimum Gasteiger partial charge on any atom is -0.481 e. The maximum absolute atomic E-state index is 12.8. The van der Waals surface area contributed by atoms with Gasteiger partial charge in [-0.15, -0.1) is 0 Å². The highest BCUT2D eigenvalue weighted by Crippen LogP contribution is 2.21. The number of aldehydes is 1. The van der Waals surface area contributed by atoms with E-state index in [1.807, 2.05) is 0 Å². The molecule has 1 saturated heterocycles. The molecular formula is C19H23ClN4O6. The molecule has 10 nitrogen and oxygen atoms in total. The van der Waals surface area contributed by atoms with Crippen LogP contribution in [0.3, 0.4) is 0 Å². The van der Waals surface area contributed by atoms with Crippen LogP contribution in [0.1, 0.15) is 36.5 Å². The van der Waals surface area contributed by atoms with Gasteiger partial charge in [0.25, 0.3) is 5.91 Å². The number of hydrogen-bond acceptors (Lipinski definition) is 6. The molecule has 5 N–H and O–H groups in total. The number of halogens is 1. The highest BCUT2D eigenvalue weighted by molar-refractivity contribution is 6.33. The van der Waals surface area contributed by atoms with E-state index in [1.165, 1.54) is 30.0 Å². The first-order chi connectivity index (χ1) is 14.1. The van der Waals surface area contributed by atoms with Crippen LogP contribution in [-0.2, 0) is 19.2 Å². The Morgan fingerprint density at radius 2 is 2.03 bits per heavy atom. The topological polar surface area (TPSA) is 159 Å². The van der Waals surface area contributed by atoms with Gasteiger partial charge < -0.3 is 31.2 Å². The van der Waals surface area contributed by atoms with Crippen LogP contribution in [0.15, 0.2) is 18.2 Å². The SMILES string of the molecule is CC(NC(=O)c1ccc(N)c(Cl)c1)C(=O)N1CCCC1C(=O)NC(C=O)CC(=O)O. The van der Waals surface area contributed by atoms with Crippen molar-refractivity contribution in [3.8, 4) is 0 Å². The molecule has 0 aromatic heterocycles. The molecule has 0 radical (unpaired) electrons. The van der Waals surface area contributed by atoms with Crippen LogP contribution >= 0.6 is 11.6 Å². The van der Waals surface area contributed by atoms with Gasteiger partial charge in [0.1, 0.15) is 18.4 Å². The molecule has 3 unspecified atom stereocenters. The van der Waals surface area contributed by atoms with Crippen molar-refractivity contribution in [2.75, 3.05) is 12.3 Å². The monoisotopic (exact) mass is 438 g/mol. The highest BCUT2D eigenvalue weighted by Gasteiger charge is 2.37. The lowest BCUT2D eigenvalue weighted by molar-refractivity contribution is -0.141. The number of anilines is 1. The van der Waals surface area contributed by atoms with Gasteiger partial charge in [-0.2, -0.15) is 0 Å². The average Bonchev–Trinajstić information content (AvgIpc) is 3.18. The Balaban J connectivity index is 2.02. The van der Waals surface area contributed by atoms with Crippen molar-refractivity contribution in [3.63, 3.8) is 0 Å². The van der Waals surface area contributed by atoms with Crippen LogP contribution < -0.4 is 16.4 Å². The van der Waals surface area contributed by atoms with Gasteiger partial charge in [-0.05, 0) is 38.0 Å². The summed E-state index contributed by atoms with van der Waals surface area (Å²) >= 11 is 5.91. The smallest absolute Gasteiger partial charge is 0.305 e. The van der Waals surface area contributed by atoms with Crippen LogP contribution in [0.5, 0.6) is 0 Å². The molecule has 30 heavy (non-hydrogen) atoms. The van der Waals surface area contributed by atoms with Crippen LogP contribution in [0.25, 0.3) is 0 Å². The third kappa shape index (κ3) is 5.69. The minimum absolute atomic E-state index is 0.212. The van der Waals surface area contributed by atoms with Gasteiger partial charge in [0, 0.05) is 12.1 Å². The van der Waals surface area contributed by atoms with Crippen molar-refractivity contribution in [2.24, 2.45) is 0 Å². The quantitative estimate of drug-likeness (QED) is 0.333. The number of amides is 3. The first kappa shape index (κ1) is 23.1. The van der Waals surface area contributed by atoms with Crippen molar-refractivity contribution < 1.29 is 29.1 Å². The first-order valence-electron chi connectivity index (χ1n) is 9.27. The molecule has 2 rings (SSSR count). The predicted octanol–water partition coefficient (Wildman–Crippen LogP) is 0.190. The standard InChI is InChI=1S/C19H23ClN4O6/c1-10(22-17(28)11-4-5-14(21)13(20)7-11)19(30)24-6-2-3-15(24)18(29)23-12(9-25)8-16(26)27/h4-5,7,9-10,12,15H,2-3,6,8,21H2,1H3,(H,22,28)(H,23,29)(H,26,27). The average molecular weight is 439 g/mol. The number of carboxylic acid groups (broad SMARTS) is 1. The fourth-order valence-electron chi connectivity index (χ4n) is 3.16. The number of rotatable bonds is 8. The third-order valence-corrected chi connectivity index (χ3v) is 5.03. The normalized spacial score (nSPS) is 17.7. The number of nitrogens with two attached hydrogens (primary N) is 1. The second-order valence-electron chi connectivity index (χ2n) is 6.97. The minimum atomic E-state index is -1.23. The van der Waals surface area contributed by atoms with Crippen molar-refractivity contribution in [2.45, 2.75) is 44.3 Å². The highest BCUT2D eigenvalue weighted by atomic mass is 35.5. The second kappa shape index (κ2) is 10.1. The molecule has 0 saturated carbocycles. The first-order valence-corrected chi connectivity index (χ1v) is 9.65. The molecule has 1 heterocycles. The van der Waals surface area contributed by atoms with Gasteiger partial charge in [-0.1, -0.05) is 11.6 Å². The fraction of sp³-hybridized carbons (Fsp3) is 0.421. The van der Waals surface area contributed by atoms with Crippen molar-refractivity contribution in [3.05, 3.63) is 28.8 Å². The molecule has 1 aliphatic heterocycles. The molecular weight excluding hydrogens is 416 g/mol. The Morgan fingerprint density at radius 1 is 1.33 bits per heavy atom. The summed E-state index contributed by atoms with van der Waals surface area (Å²) in [5.41, 5.74) is 6.17. The molecule has 1 aromatic rings. The zero-order valence-electron chi connectivity index (χ0n) is 16.3. The molecule has 0 bridgehead atoms. The Kier molecular flexibility index (Phi) is 7.76. The molecule has 1 aliphatic rings. The van der Waals surface area contributed by atoms with E-state index in [1.54, 1.807) is 0 Å². The molecule has 1 fully saturated rings. The Labute approximate surface area is 177 Å². The predicted molar refractivity (Wildman–Crippen MR) is 108 cm³/mol. The number of benzene rings is 1. The summed E-state index contributed by atoms with van der Waals surface area (Å²) in [6.07, 6.45) is 0.716. The summed E-state index contributed by atoms with van der Waals surface area (Å²) in [7, 11) is 0. The number of carbonyl (C=O) groups is 5. The molecule has 11 heteroatoms. The molecule has 3 atom stereocenters. The van der Waals surface area contributed by atoms with E-state index in [2.05, 4.69) is 10.6 Å². The van der Waals surface area contributed by atoms with E-state index in [4.69, 9.17) is 22.4 Å². The van der Waals surface area contributed by atoms with Gasteiger partial charge in [-0.25, -0.2) is 0 Å². The van der Waals surface area contributed by atoms with Crippen LogP contribution in [0.4, 0.5) is 5.69 Å². The summed E-state index contributed by atoms with van der Waals surface area (Å²) in [6.45, 7) is 1.79. The Hall–Kier alpha value is -3.14. The zero-order chi connectivity index (χ0) is 22.4. The second-order valence-corrected chi connectivity index (χ2v) is 7.38. The number of carbonyl (C=O) groups excluding carboxylic acids is 4. The van der Waals surface area contributed by atoms with Crippen LogP contribution in [-0.4, -0.2) is 64.7 Å². The lowest BCUT2D eigenvalue weighted by atomic mass is 10.1. The largest absolute Gasteiger partial charge is 0.481 e. The van der Waals surface area contributed by atoms with Crippen molar-refractivity contribution in [1.29, 1.82) is 0 Å². The van der Waals surface area contributed by atoms with E-state index in [9.17, 15) is 24.0 Å². The summed E-state index contributed by atoms with van der Waals surface area (Å²) in [5, 5.41) is 13.9. The van der Waals surface area contributed by atoms with Gasteiger partial charge >= 0.3 is 5.97 Å². The van der Waals surface area contributed by atoms with Gasteiger partial charge in [-0.3, -0.25) is 19.2 Å². The Bertz CT molecular complexity index is 861. The lowest BCUT2D eigenvalue weighted by Crippen LogP contribution is -2.54. The van der Waals surface area contributed by atoms with Crippen molar-refractivity contribution >= 4 is 47.3 Å². The van der Waals surface area contributed by atoms with Gasteiger partial charge in [0.15, 0.2) is 0 Å². The number of aliphatic carboxylic acids is 1. The van der Waals surface area contributed by atoms with Crippen LogP contribution in [0, 0.1) is 0 Å². The molecule has 0 spiro atoms. The van der Waals surface area contributed by atoms with E-state index >= 15 is 0 Å². The van der Waals surface area contributed by atoms with Crippen LogP contribution in [0.2, 0.25) is 5.02 Å². The van der Waals surface area contributed by atoms with Gasteiger partial charge in [0.05, 0.1) is 23.2 Å². The number of likely N-dealkylation sites (tertiary alicyclic amines) is 1. The maximum atomic E-state index is 12.8. The summed E-state index contributed by atoms with van der Waals surface area (Å²) in [4.78, 5) is 60.7. The molecule has 1 aromatic carbocycles.